The van der Waals surface area contributed by atoms with E-state index in [2.05, 4.69) is 0 Å². The van der Waals surface area contributed by atoms with Gasteiger partial charge in [0.1, 0.15) is 5.75 Å². The second kappa shape index (κ2) is 10.1. The fraction of sp³-hybridized carbons (Fsp3) is 0.167. The number of ether oxygens (including phenoxy) is 2. The van der Waals surface area contributed by atoms with Crippen molar-refractivity contribution in [1.82, 2.24) is 0 Å². The molecule has 0 saturated carbocycles. The molecule has 3 rings (SSSR count). The first kappa shape index (κ1) is 20.1. The summed E-state index contributed by atoms with van der Waals surface area (Å²) in [6.45, 7) is 1.76. The first-order valence-corrected chi connectivity index (χ1v) is 9.36. The predicted octanol–water partition coefficient (Wildman–Crippen LogP) is 4.15. The highest BCUT2D eigenvalue weighted by Gasteiger charge is 2.18. The van der Waals surface area contributed by atoms with Crippen molar-refractivity contribution in [2.75, 3.05) is 18.1 Å². The number of anilines is 1. The molecule has 1 amide bonds. The van der Waals surface area contributed by atoms with Crippen LogP contribution in [0.2, 0.25) is 0 Å². The normalized spacial score (nSPS) is 10.2. The first-order chi connectivity index (χ1) is 14.1. The fourth-order valence-electron chi connectivity index (χ4n) is 2.81. The van der Waals surface area contributed by atoms with Crippen molar-refractivity contribution in [2.45, 2.75) is 13.5 Å². The average Bonchev–Trinajstić information content (AvgIpc) is 2.76. The molecule has 0 N–H and O–H groups in total. The molecule has 0 aliphatic carbocycles. The highest BCUT2D eigenvalue weighted by atomic mass is 16.6. The number of hydrogen-bond donors (Lipinski definition) is 0. The van der Waals surface area contributed by atoms with Crippen LogP contribution in [-0.4, -0.2) is 25.1 Å². The van der Waals surface area contributed by atoms with Gasteiger partial charge >= 0.3 is 5.97 Å². The lowest BCUT2D eigenvalue weighted by Crippen LogP contribution is -2.35. The van der Waals surface area contributed by atoms with Crippen LogP contribution < -0.4 is 9.64 Å². The van der Waals surface area contributed by atoms with Crippen LogP contribution in [0.15, 0.2) is 84.9 Å². The summed E-state index contributed by atoms with van der Waals surface area (Å²) in [5.41, 5.74) is 2.79. The van der Waals surface area contributed by atoms with Crippen molar-refractivity contribution in [2.24, 2.45) is 0 Å². The summed E-state index contributed by atoms with van der Waals surface area (Å²) >= 11 is 0. The molecular weight excluding hydrogens is 366 g/mol. The summed E-state index contributed by atoms with van der Waals surface area (Å²) < 4.78 is 10.5. The maximum Gasteiger partial charge on any atom is 0.344 e. The quantitative estimate of drug-likeness (QED) is 0.543. The third-order valence-corrected chi connectivity index (χ3v) is 4.25. The van der Waals surface area contributed by atoms with Crippen molar-refractivity contribution >= 4 is 17.6 Å². The van der Waals surface area contributed by atoms with Gasteiger partial charge < -0.3 is 14.4 Å². The minimum atomic E-state index is -0.592. The number of carbonyl (C=O) groups is 2. The summed E-state index contributed by atoms with van der Waals surface area (Å²) in [5, 5.41) is 0. The number of nitrogens with zero attached hydrogens (tertiary/aromatic N) is 1. The SMILES string of the molecule is Cc1cccc(N(Cc2ccccc2)C(=O)COC(=O)COc2ccccc2)c1. The van der Waals surface area contributed by atoms with Gasteiger partial charge in [0.05, 0.1) is 6.54 Å². The Morgan fingerprint density at radius 1 is 0.828 bits per heavy atom. The van der Waals surface area contributed by atoms with Crippen molar-refractivity contribution in [3.63, 3.8) is 0 Å². The molecular formula is C24H23NO4. The zero-order valence-electron chi connectivity index (χ0n) is 16.3. The Labute approximate surface area is 170 Å². The Hall–Kier alpha value is -3.60. The van der Waals surface area contributed by atoms with Crippen LogP contribution in [0.5, 0.6) is 5.75 Å². The Kier molecular flexibility index (Phi) is 7.00. The summed E-state index contributed by atoms with van der Waals surface area (Å²) in [6, 6.07) is 26.3. The Balaban J connectivity index is 1.62. The molecule has 0 aliphatic heterocycles. The topological polar surface area (TPSA) is 55.8 Å². The van der Waals surface area contributed by atoms with Gasteiger partial charge in [-0.3, -0.25) is 4.79 Å². The molecule has 0 atom stereocenters. The van der Waals surface area contributed by atoms with E-state index in [1.807, 2.05) is 79.7 Å². The molecule has 3 aromatic carbocycles. The van der Waals surface area contributed by atoms with E-state index in [9.17, 15) is 9.59 Å². The third-order valence-electron chi connectivity index (χ3n) is 4.25. The molecule has 0 aliphatic rings. The average molecular weight is 389 g/mol. The second-order valence-corrected chi connectivity index (χ2v) is 6.57. The maximum atomic E-state index is 12.8. The van der Waals surface area contributed by atoms with Crippen LogP contribution >= 0.6 is 0 Å². The van der Waals surface area contributed by atoms with Gasteiger partial charge in [-0.25, -0.2) is 4.79 Å². The summed E-state index contributed by atoms with van der Waals surface area (Å²) in [5.74, 6) is -0.320. The van der Waals surface area contributed by atoms with E-state index in [0.717, 1.165) is 16.8 Å². The molecule has 0 spiro atoms. The van der Waals surface area contributed by atoms with Crippen molar-refractivity contribution in [1.29, 1.82) is 0 Å². The van der Waals surface area contributed by atoms with Gasteiger partial charge in [0.15, 0.2) is 13.2 Å². The van der Waals surface area contributed by atoms with Gasteiger partial charge in [0.25, 0.3) is 5.91 Å². The van der Waals surface area contributed by atoms with Gasteiger partial charge in [0.2, 0.25) is 0 Å². The van der Waals surface area contributed by atoms with Crippen LogP contribution in [0.1, 0.15) is 11.1 Å². The van der Waals surface area contributed by atoms with Crippen LogP contribution in [0, 0.1) is 6.92 Å². The zero-order chi connectivity index (χ0) is 20.5. The first-order valence-electron chi connectivity index (χ1n) is 9.36. The van der Waals surface area contributed by atoms with Crippen molar-refractivity contribution in [3.05, 3.63) is 96.1 Å². The lowest BCUT2D eigenvalue weighted by Gasteiger charge is -2.23. The lowest BCUT2D eigenvalue weighted by molar-refractivity contribution is -0.149. The van der Waals surface area contributed by atoms with Crippen LogP contribution in [0.4, 0.5) is 5.69 Å². The molecule has 0 heterocycles. The van der Waals surface area contributed by atoms with E-state index in [-0.39, 0.29) is 19.1 Å². The van der Waals surface area contributed by atoms with Gasteiger partial charge in [0, 0.05) is 5.69 Å². The molecule has 0 unspecified atom stereocenters. The van der Waals surface area contributed by atoms with E-state index in [0.29, 0.717) is 12.3 Å². The number of hydrogen-bond acceptors (Lipinski definition) is 4. The monoisotopic (exact) mass is 389 g/mol. The van der Waals surface area contributed by atoms with Crippen molar-refractivity contribution < 1.29 is 19.1 Å². The smallest absolute Gasteiger partial charge is 0.344 e. The number of para-hydroxylation sites is 1. The zero-order valence-corrected chi connectivity index (χ0v) is 16.3. The van der Waals surface area contributed by atoms with Gasteiger partial charge in [-0.2, -0.15) is 0 Å². The number of esters is 1. The standard InChI is InChI=1S/C24H23NO4/c1-19-9-8-12-21(15-19)25(16-20-10-4-2-5-11-20)23(26)17-29-24(27)18-28-22-13-6-3-7-14-22/h2-15H,16-18H2,1H3. The van der Waals surface area contributed by atoms with E-state index in [1.54, 1.807) is 17.0 Å². The van der Waals surface area contributed by atoms with Crippen molar-refractivity contribution in [3.8, 4) is 5.75 Å². The molecule has 0 aromatic heterocycles. The second-order valence-electron chi connectivity index (χ2n) is 6.57. The Morgan fingerprint density at radius 2 is 1.52 bits per heavy atom. The van der Waals surface area contributed by atoms with Gasteiger partial charge in [-0.1, -0.05) is 60.7 Å². The minimum Gasteiger partial charge on any atom is -0.482 e. The maximum absolute atomic E-state index is 12.8. The molecule has 29 heavy (non-hydrogen) atoms. The predicted molar refractivity (Wildman–Crippen MR) is 112 cm³/mol. The van der Waals surface area contributed by atoms with Crippen LogP contribution in [0.25, 0.3) is 0 Å². The van der Waals surface area contributed by atoms with Gasteiger partial charge in [-0.15, -0.1) is 0 Å². The fourth-order valence-corrected chi connectivity index (χ4v) is 2.81. The largest absolute Gasteiger partial charge is 0.482 e. The van der Waals surface area contributed by atoms with Crippen LogP contribution in [-0.2, 0) is 20.9 Å². The number of amides is 1. The highest BCUT2D eigenvalue weighted by Crippen LogP contribution is 2.19. The molecule has 148 valence electrons. The van der Waals surface area contributed by atoms with E-state index >= 15 is 0 Å². The van der Waals surface area contributed by atoms with Gasteiger partial charge in [-0.05, 0) is 42.3 Å². The number of carbonyl (C=O) groups excluding carboxylic acids is 2. The Morgan fingerprint density at radius 3 is 2.21 bits per heavy atom. The van der Waals surface area contributed by atoms with E-state index < -0.39 is 5.97 Å². The molecule has 5 nitrogen and oxygen atoms in total. The minimum absolute atomic E-state index is 0.250. The molecule has 0 bridgehead atoms. The molecule has 0 fully saturated rings. The van der Waals surface area contributed by atoms with E-state index in [4.69, 9.17) is 9.47 Å². The number of benzene rings is 3. The molecule has 3 aromatic rings. The molecule has 5 heteroatoms. The molecule has 0 radical (unpaired) electrons. The highest BCUT2D eigenvalue weighted by molar-refractivity contribution is 5.95. The van der Waals surface area contributed by atoms with Crippen LogP contribution in [0.3, 0.4) is 0 Å². The summed E-state index contributed by atoms with van der Waals surface area (Å²) in [7, 11) is 0. The number of rotatable bonds is 8. The number of aryl methyl sites for hydroxylation is 1. The third kappa shape index (κ3) is 6.21. The molecule has 0 saturated heterocycles. The summed E-state index contributed by atoms with van der Waals surface area (Å²) in [6.07, 6.45) is 0. The van der Waals surface area contributed by atoms with E-state index in [1.165, 1.54) is 0 Å². The lowest BCUT2D eigenvalue weighted by atomic mass is 10.1. The Bertz CT molecular complexity index is 941. The summed E-state index contributed by atoms with van der Waals surface area (Å²) in [4.78, 5) is 26.4.